The number of halogens is 6. The lowest BCUT2D eigenvalue weighted by Crippen LogP contribution is -2.72. The molecule has 14 heteroatoms. The molecule has 0 spiro atoms. The minimum Gasteiger partial charge on any atom is -0.375 e. The number of hydrogen-bond acceptors (Lipinski definition) is 6. The van der Waals surface area contributed by atoms with E-state index in [9.17, 15) is 41.2 Å². The van der Waals surface area contributed by atoms with Gasteiger partial charge in [0.2, 0.25) is 5.91 Å². The number of anilines is 2. The quantitative estimate of drug-likeness (QED) is 0.472. The molecule has 0 radical (unpaired) electrons. The second-order valence-corrected chi connectivity index (χ2v) is 11.1. The summed E-state index contributed by atoms with van der Waals surface area (Å²) in [5, 5.41) is 9.70. The molecule has 2 bridgehead atoms. The first-order chi connectivity index (χ1) is 19.6. The van der Waals surface area contributed by atoms with Crippen LogP contribution in [0.1, 0.15) is 41.6 Å². The minimum absolute atomic E-state index is 0.144. The van der Waals surface area contributed by atoms with Crippen LogP contribution in [0.4, 0.5) is 37.8 Å². The summed E-state index contributed by atoms with van der Waals surface area (Å²) in [5.41, 5.74) is -4.65. The highest BCUT2D eigenvalue weighted by molar-refractivity contribution is 6.04. The smallest absolute Gasteiger partial charge is 0.375 e. The van der Waals surface area contributed by atoms with E-state index in [4.69, 9.17) is 4.74 Å². The summed E-state index contributed by atoms with van der Waals surface area (Å²) in [5.74, 6) is -2.39. The topological polar surface area (TPSA) is 89.8 Å². The molecule has 3 heterocycles. The number of pyridine rings is 1. The lowest BCUT2D eigenvalue weighted by molar-refractivity contribution is -0.175. The van der Waals surface area contributed by atoms with Crippen molar-refractivity contribution in [3.8, 4) is 6.07 Å². The molecule has 2 aromatic rings. The molecule has 224 valence electrons. The van der Waals surface area contributed by atoms with Crippen LogP contribution in [0.25, 0.3) is 0 Å². The van der Waals surface area contributed by atoms with Crippen LogP contribution in [-0.4, -0.2) is 66.6 Å². The normalized spacial score (nSPS) is 22.9. The van der Waals surface area contributed by atoms with E-state index >= 15 is 0 Å². The van der Waals surface area contributed by atoms with Crippen LogP contribution in [0, 0.1) is 24.2 Å². The van der Waals surface area contributed by atoms with Crippen molar-refractivity contribution in [2.24, 2.45) is 5.92 Å². The van der Waals surface area contributed by atoms with E-state index in [1.807, 2.05) is 13.0 Å². The van der Waals surface area contributed by atoms with E-state index in [-0.39, 0.29) is 19.3 Å². The maximum atomic E-state index is 14.1. The van der Waals surface area contributed by atoms with Gasteiger partial charge in [-0.25, -0.2) is 4.98 Å². The fourth-order valence-corrected chi connectivity index (χ4v) is 6.24. The molecule has 1 saturated carbocycles. The first-order valence-electron chi connectivity index (χ1n) is 13.2. The van der Waals surface area contributed by atoms with Crippen LogP contribution in [0.3, 0.4) is 0 Å². The number of rotatable bonds is 5. The lowest BCUT2D eigenvalue weighted by Gasteiger charge is -2.49. The zero-order chi connectivity index (χ0) is 30.8. The van der Waals surface area contributed by atoms with E-state index in [2.05, 4.69) is 4.98 Å². The number of ether oxygens (including phenoxy) is 1. The Morgan fingerprint density at radius 3 is 2.33 bits per heavy atom. The summed E-state index contributed by atoms with van der Waals surface area (Å²) >= 11 is 0. The first kappa shape index (κ1) is 29.6. The van der Waals surface area contributed by atoms with Gasteiger partial charge in [0.25, 0.3) is 5.91 Å². The van der Waals surface area contributed by atoms with Gasteiger partial charge in [0.15, 0.2) is 5.54 Å². The number of piperidine rings is 1. The van der Waals surface area contributed by atoms with Crippen molar-refractivity contribution in [1.82, 2.24) is 9.88 Å². The molecule has 3 fully saturated rings. The second-order valence-electron chi connectivity index (χ2n) is 11.1. The van der Waals surface area contributed by atoms with Gasteiger partial charge in [0.1, 0.15) is 29.2 Å². The fourth-order valence-electron chi connectivity index (χ4n) is 6.24. The third-order valence-electron chi connectivity index (χ3n) is 8.54. The van der Waals surface area contributed by atoms with Gasteiger partial charge in [-0.3, -0.25) is 9.59 Å². The maximum Gasteiger partial charge on any atom is 0.433 e. The number of amides is 2. The van der Waals surface area contributed by atoms with E-state index in [0.717, 1.165) is 10.5 Å². The molecule has 2 amide bonds. The molecule has 1 aromatic heterocycles. The Bertz CT molecular complexity index is 1470. The Morgan fingerprint density at radius 1 is 1.10 bits per heavy atom. The standard InChI is InChI=1S/C28H27F6N5O3/c1-15-5-4-6-17(9-15)37(2)25(41)26(13-42-14-26)38(3)24(40)22-16-7-8-18(10-16)39(22)23-19(12-35)20(27(29,30)31)11-21(36-23)28(32,33)34/h4-6,9,11,16,18,22H,7-8,10,13-14H2,1-3H3/t16-,18+,22-/m0/s1. The Balaban J connectivity index is 1.55. The largest absolute Gasteiger partial charge is 0.433 e. The number of aryl methyl sites for hydroxylation is 1. The number of carbonyl (C=O) groups is 2. The minimum atomic E-state index is -5.28. The highest BCUT2D eigenvalue weighted by atomic mass is 19.4. The Labute approximate surface area is 237 Å². The monoisotopic (exact) mass is 595 g/mol. The van der Waals surface area contributed by atoms with Crippen molar-refractivity contribution in [1.29, 1.82) is 5.26 Å². The third kappa shape index (κ3) is 4.73. The Morgan fingerprint density at radius 2 is 1.79 bits per heavy atom. The molecule has 0 unspecified atom stereocenters. The van der Waals surface area contributed by atoms with Gasteiger partial charge in [0.05, 0.1) is 18.8 Å². The summed E-state index contributed by atoms with van der Waals surface area (Å²) in [6.07, 6.45) is -9.31. The number of benzene rings is 1. The highest BCUT2D eigenvalue weighted by Gasteiger charge is 2.58. The molecule has 2 saturated heterocycles. The number of fused-ring (bicyclic) bond motifs is 2. The maximum absolute atomic E-state index is 14.1. The zero-order valence-electron chi connectivity index (χ0n) is 22.9. The molecular weight excluding hydrogens is 568 g/mol. The van der Waals surface area contributed by atoms with E-state index < -0.39 is 70.3 Å². The van der Waals surface area contributed by atoms with Crippen molar-refractivity contribution in [2.45, 2.75) is 56.2 Å². The number of aromatic nitrogens is 1. The summed E-state index contributed by atoms with van der Waals surface area (Å²) in [7, 11) is 2.92. The second kappa shape index (κ2) is 10.1. The molecule has 42 heavy (non-hydrogen) atoms. The summed E-state index contributed by atoms with van der Waals surface area (Å²) in [6, 6.07) is 6.49. The molecule has 5 rings (SSSR count). The van der Waals surface area contributed by atoms with Crippen LogP contribution < -0.4 is 9.80 Å². The molecule has 2 aliphatic heterocycles. The predicted molar refractivity (Wildman–Crippen MR) is 137 cm³/mol. The van der Waals surface area contributed by atoms with Gasteiger partial charge < -0.3 is 19.4 Å². The van der Waals surface area contributed by atoms with E-state index in [0.29, 0.717) is 24.9 Å². The fraction of sp³-hybridized carbons (Fsp3) is 0.500. The van der Waals surface area contributed by atoms with Crippen LogP contribution in [0.5, 0.6) is 0 Å². The van der Waals surface area contributed by atoms with Crippen molar-refractivity contribution < 1.29 is 40.7 Å². The van der Waals surface area contributed by atoms with Gasteiger partial charge in [-0.05, 0) is 55.9 Å². The third-order valence-corrected chi connectivity index (χ3v) is 8.54. The number of nitrogens with zero attached hydrogens (tertiary/aromatic N) is 5. The Hall–Kier alpha value is -3.86. The van der Waals surface area contributed by atoms with Crippen molar-refractivity contribution in [3.05, 3.63) is 52.7 Å². The zero-order valence-corrected chi connectivity index (χ0v) is 22.9. The molecule has 1 aromatic carbocycles. The SMILES string of the molecule is Cc1cccc(N(C)C(=O)C2(N(C)C(=O)[C@@H]3[C@H]4CC[C@H](C4)N3c3nc(C(F)(F)F)cc(C(F)(F)F)c3C#N)COC2)c1. The molecule has 1 aliphatic carbocycles. The number of hydrogen-bond donors (Lipinski definition) is 0. The van der Waals surface area contributed by atoms with Gasteiger partial charge in [-0.2, -0.15) is 31.6 Å². The van der Waals surface area contributed by atoms with E-state index in [1.54, 1.807) is 25.2 Å². The molecular formula is C28H27F6N5O3. The van der Waals surface area contributed by atoms with Crippen LogP contribution in [0.2, 0.25) is 0 Å². The summed E-state index contributed by atoms with van der Waals surface area (Å²) < 4.78 is 88.1. The average molecular weight is 596 g/mol. The van der Waals surface area contributed by atoms with Crippen LogP contribution >= 0.6 is 0 Å². The molecule has 3 atom stereocenters. The van der Waals surface area contributed by atoms with Crippen molar-refractivity contribution in [3.63, 3.8) is 0 Å². The predicted octanol–water partition coefficient (Wildman–Crippen LogP) is 4.55. The molecule has 3 aliphatic rings. The first-order valence-corrected chi connectivity index (χ1v) is 13.2. The summed E-state index contributed by atoms with van der Waals surface area (Å²) in [6.45, 7) is 1.56. The number of carbonyl (C=O) groups excluding carboxylic acids is 2. The Kier molecular flexibility index (Phi) is 7.16. The highest BCUT2D eigenvalue weighted by Crippen LogP contribution is 2.49. The number of nitriles is 1. The van der Waals surface area contributed by atoms with Gasteiger partial charge in [-0.1, -0.05) is 12.1 Å². The number of alkyl halides is 6. The van der Waals surface area contributed by atoms with Gasteiger partial charge in [0, 0.05) is 25.8 Å². The van der Waals surface area contributed by atoms with Crippen molar-refractivity contribution in [2.75, 3.05) is 37.1 Å². The van der Waals surface area contributed by atoms with E-state index in [1.165, 1.54) is 22.9 Å². The van der Waals surface area contributed by atoms with Crippen molar-refractivity contribution >= 4 is 23.3 Å². The average Bonchev–Trinajstić information content (AvgIpc) is 3.51. The number of likely N-dealkylation sites (N-methyl/N-ethyl adjacent to an activating group) is 2. The molecule has 0 N–H and O–H groups in total. The molecule has 8 nitrogen and oxygen atoms in total. The lowest BCUT2D eigenvalue weighted by atomic mass is 9.89. The summed E-state index contributed by atoms with van der Waals surface area (Å²) in [4.78, 5) is 35.1. The van der Waals surface area contributed by atoms with Gasteiger partial charge in [-0.15, -0.1) is 0 Å². The van der Waals surface area contributed by atoms with Gasteiger partial charge >= 0.3 is 12.4 Å². The van der Waals surface area contributed by atoms with Crippen LogP contribution in [0.15, 0.2) is 30.3 Å². The van der Waals surface area contributed by atoms with Crippen LogP contribution in [-0.2, 0) is 26.7 Å².